The average Bonchev–Trinajstić information content (AvgIpc) is 3.74. The third-order valence-corrected chi connectivity index (χ3v) is 9.35. The molecule has 1 aliphatic rings. The maximum atomic E-state index is 14.5. The van der Waals surface area contributed by atoms with E-state index < -0.39 is 46.7 Å². The molecule has 1 atom stereocenters. The molecule has 0 bridgehead atoms. The number of nitrogens with zero attached hydrogens (tertiary/aromatic N) is 3. The van der Waals surface area contributed by atoms with Crippen LogP contribution in [0.5, 0.6) is 0 Å². The van der Waals surface area contributed by atoms with Crippen LogP contribution in [0.15, 0.2) is 113 Å². The van der Waals surface area contributed by atoms with E-state index in [0.717, 1.165) is 11.1 Å². The number of hydrogen-bond donors (Lipinski definition) is 2. The first kappa shape index (κ1) is 44.6. The number of methoxy groups -OCH3 is 1. The van der Waals surface area contributed by atoms with Crippen molar-refractivity contribution in [3.8, 4) is 0 Å². The number of rotatable bonds is 11. The van der Waals surface area contributed by atoms with Gasteiger partial charge >= 0.3 is 24.1 Å². The summed E-state index contributed by atoms with van der Waals surface area (Å²) in [6.45, 7) is 11.1. The third kappa shape index (κ3) is 12.3. The van der Waals surface area contributed by atoms with Crippen LogP contribution in [0.4, 0.5) is 21.0 Å². The SMILES string of the molecule is COC(=O)C1(N(C(=O)c2ccco2)c2cccc(N/C(=N\C(=O)OC(C)(C)C)NC(=O)OC(C)(C)C)c2)CCN(CC(C(=O)OCc2ccccc2)c2ccccc2)CC1. The van der Waals surface area contributed by atoms with E-state index >= 15 is 0 Å². The number of carbonyl (C=O) groups excluding carboxylic acids is 5. The van der Waals surface area contributed by atoms with Gasteiger partial charge in [0.15, 0.2) is 5.76 Å². The van der Waals surface area contributed by atoms with Gasteiger partial charge in [-0.2, -0.15) is 0 Å². The lowest BCUT2D eigenvalue weighted by molar-refractivity contribution is -0.150. The lowest BCUT2D eigenvalue weighted by atomic mass is 9.84. The van der Waals surface area contributed by atoms with Crippen molar-refractivity contribution in [2.75, 3.05) is 37.0 Å². The smallest absolute Gasteiger partial charge is 0.437 e. The van der Waals surface area contributed by atoms with Crippen molar-refractivity contribution in [2.24, 2.45) is 4.99 Å². The maximum absolute atomic E-state index is 14.5. The summed E-state index contributed by atoms with van der Waals surface area (Å²) in [4.78, 5) is 75.3. The second-order valence-electron chi connectivity index (χ2n) is 16.2. The molecule has 1 saturated heterocycles. The van der Waals surface area contributed by atoms with E-state index in [0.29, 0.717) is 19.6 Å². The van der Waals surface area contributed by atoms with E-state index in [2.05, 4.69) is 20.5 Å². The summed E-state index contributed by atoms with van der Waals surface area (Å²) in [5.74, 6) is -2.62. The van der Waals surface area contributed by atoms with Gasteiger partial charge in [-0.1, -0.05) is 66.7 Å². The number of guanidine groups is 1. The molecule has 1 unspecified atom stereocenters. The van der Waals surface area contributed by atoms with Crippen LogP contribution in [0.2, 0.25) is 0 Å². The number of ether oxygens (including phenoxy) is 4. The molecule has 15 heteroatoms. The zero-order chi connectivity index (χ0) is 43.5. The van der Waals surface area contributed by atoms with Gasteiger partial charge in [-0.05, 0) is 95.8 Å². The molecular weight excluding hydrogens is 771 g/mol. The molecular formula is C45H53N5O10. The Balaban J connectivity index is 1.45. The highest BCUT2D eigenvalue weighted by atomic mass is 16.6. The first-order valence-corrected chi connectivity index (χ1v) is 19.6. The summed E-state index contributed by atoms with van der Waals surface area (Å²) >= 11 is 0. The highest BCUT2D eigenvalue weighted by Gasteiger charge is 2.51. The number of piperidine rings is 1. The Kier molecular flexibility index (Phi) is 14.5. The minimum Gasteiger partial charge on any atom is -0.467 e. The fourth-order valence-corrected chi connectivity index (χ4v) is 6.70. The van der Waals surface area contributed by atoms with Gasteiger partial charge in [0.2, 0.25) is 5.96 Å². The van der Waals surface area contributed by atoms with Crippen LogP contribution < -0.4 is 15.5 Å². The topological polar surface area (TPSA) is 178 Å². The summed E-state index contributed by atoms with van der Waals surface area (Å²) in [7, 11) is 1.26. The van der Waals surface area contributed by atoms with Gasteiger partial charge in [0.05, 0.1) is 19.3 Å². The number of esters is 2. The number of alkyl carbamates (subject to hydrolysis) is 1. The summed E-state index contributed by atoms with van der Waals surface area (Å²) in [5, 5.41) is 5.38. The van der Waals surface area contributed by atoms with Crippen molar-refractivity contribution in [3.63, 3.8) is 0 Å². The number of aliphatic imine (C=N–C) groups is 1. The van der Waals surface area contributed by atoms with Gasteiger partial charge in [-0.15, -0.1) is 4.99 Å². The molecule has 0 aliphatic carbocycles. The lowest BCUT2D eigenvalue weighted by Crippen LogP contribution is -2.63. The molecule has 2 heterocycles. The van der Waals surface area contributed by atoms with Crippen molar-refractivity contribution >= 4 is 47.4 Å². The van der Waals surface area contributed by atoms with Gasteiger partial charge < -0.3 is 33.6 Å². The predicted molar refractivity (Wildman–Crippen MR) is 224 cm³/mol. The number of furan rings is 1. The summed E-state index contributed by atoms with van der Waals surface area (Å²) in [6.07, 6.45) is -0.272. The normalized spacial score (nSPS) is 14.9. The van der Waals surface area contributed by atoms with Gasteiger partial charge in [-0.3, -0.25) is 19.8 Å². The van der Waals surface area contributed by atoms with Gasteiger partial charge in [0.1, 0.15) is 23.3 Å². The molecule has 4 aromatic rings. The third-order valence-electron chi connectivity index (χ3n) is 9.35. The zero-order valence-electron chi connectivity index (χ0n) is 35.1. The minimum absolute atomic E-state index is 0.0249. The molecule has 2 N–H and O–H groups in total. The van der Waals surface area contributed by atoms with E-state index in [1.807, 2.05) is 60.7 Å². The number of benzene rings is 3. The van der Waals surface area contributed by atoms with Crippen LogP contribution in [0.1, 0.15) is 82.0 Å². The monoisotopic (exact) mass is 823 g/mol. The molecule has 0 spiro atoms. The minimum atomic E-state index is -1.54. The Bertz CT molecular complexity index is 2120. The molecule has 1 fully saturated rings. The lowest BCUT2D eigenvalue weighted by Gasteiger charge is -2.46. The highest BCUT2D eigenvalue weighted by Crippen LogP contribution is 2.38. The van der Waals surface area contributed by atoms with Crippen molar-refractivity contribution in [1.29, 1.82) is 0 Å². The van der Waals surface area contributed by atoms with Crippen molar-refractivity contribution in [2.45, 2.75) is 83.6 Å². The number of amides is 3. The fraction of sp³-hybridized carbons (Fsp3) is 0.378. The average molecular weight is 824 g/mol. The molecule has 1 aromatic heterocycles. The van der Waals surface area contributed by atoms with Crippen LogP contribution in [0, 0.1) is 0 Å². The number of likely N-dealkylation sites (tertiary alicyclic amines) is 1. The molecule has 5 rings (SSSR count). The number of nitrogens with one attached hydrogen (secondary N) is 2. The Labute approximate surface area is 350 Å². The Morgan fingerprint density at radius 1 is 0.833 bits per heavy atom. The van der Waals surface area contributed by atoms with Crippen molar-refractivity contribution in [3.05, 3.63) is 120 Å². The number of anilines is 2. The standard InChI is InChI=1S/C45H53N5O10/c1-43(2,3)59-41(54)47-40(48-42(55)60-44(4,5)6)46-33-20-14-21-34(28-33)50(37(51)36-22-15-27-57-36)45(39(53)56-7)23-25-49(26-24-45)29-35(32-18-12-9-13-19-32)38(52)58-30-31-16-10-8-11-17-31/h8-22,27-28,35H,23-26,29-30H2,1-7H3,(H2,46,47,48,54,55). The van der Waals surface area contributed by atoms with Crippen molar-refractivity contribution < 1.29 is 47.3 Å². The predicted octanol–water partition coefficient (Wildman–Crippen LogP) is 7.69. The van der Waals surface area contributed by atoms with Crippen molar-refractivity contribution in [1.82, 2.24) is 10.2 Å². The van der Waals surface area contributed by atoms with E-state index in [-0.39, 0.29) is 48.5 Å². The Morgan fingerprint density at radius 3 is 2.08 bits per heavy atom. The maximum Gasteiger partial charge on any atom is 0.437 e. The van der Waals surface area contributed by atoms with E-state index in [1.54, 1.807) is 71.9 Å². The molecule has 318 valence electrons. The molecule has 1 aliphatic heterocycles. The Morgan fingerprint density at radius 2 is 1.48 bits per heavy atom. The number of hydrogen-bond acceptors (Lipinski definition) is 11. The zero-order valence-corrected chi connectivity index (χ0v) is 35.1. The summed E-state index contributed by atoms with van der Waals surface area (Å²) in [5.41, 5.74) is -1.08. The second kappa shape index (κ2) is 19.5. The van der Waals surface area contributed by atoms with Crippen LogP contribution in [0.25, 0.3) is 0 Å². The highest BCUT2D eigenvalue weighted by molar-refractivity contribution is 6.10. The molecule has 3 aromatic carbocycles. The molecule has 60 heavy (non-hydrogen) atoms. The summed E-state index contributed by atoms with van der Waals surface area (Å²) in [6, 6.07) is 28.3. The van der Waals surface area contributed by atoms with Crippen LogP contribution >= 0.6 is 0 Å². The largest absolute Gasteiger partial charge is 0.467 e. The molecule has 0 saturated carbocycles. The van der Waals surface area contributed by atoms with E-state index in [4.69, 9.17) is 23.4 Å². The quantitative estimate of drug-likeness (QED) is 0.0653. The first-order valence-electron chi connectivity index (χ1n) is 19.6. The molecule has 15 nitrogen and oxygen atoms in total. The van der Waals surface area contributed by atoms with Gasteiger partial charge in [0.25, 0.3) is 5.91 Å². The van der Waals surface area contributed by atoms with Crippen LogP contribution in [-0.4, -0.2) is 84.4 Å². The van der Waals surface area contributed by atoms with Crippen LogP contribution in [0.3, 0.4) is 0 Å². The fourth-order valence-electron chi connectivity index (χ4n) is 6.70. The van der Waals surface area contributed by atoms with E-state index in [1.165, 1.54) is 24.3 Å². The number of carbonyl (C=O) groups is 5. The van der Waals surface area contributed by atoms with Crippen LogP contribution in [-0.2, 0) is 35.1 Å². The Hall–Kier alpha value is -6.48. The van der Waals surface area contributed by atoms with Gasteiger partial charge in [-0.25, -0.2) is 14.4 Å². The summed E-state index contributed by atoms with van der Waals surface area (Å²) < 4.78 is 27.5. The second-order valence-corrected chi connectivity index (χ2v) is 16.2. The molecule has 3 amide bonds. The van der Waals surface area contributed by atoms with E-state index in [9.17, 15) is 24.0 Å². The van der Waals surface area contributed by atoms with Gasteiger partial charge in [0, 0.05) is 31.0 Å². The first-order chi connectivity index (χ1) is 28.5. The molecule has 0 radical (unpaired) electrons.